The van der Waals surface area contributed by atoms with Gasteiger partial charge in [0.1, 0.15) is 0 Å². The van der Waals surface area contributed by atoms with E-state index >= 15 is 0 Å². The van der Waals surface area contributed by atoms with Crippen molar-refractivity contribution in [1.29, 1.82) is 0 Å². The van der Waals surface area contributed by atoms with Gasteiger partial charge in [-0.3, -0.25) is 4.79 Å². The Balaban J connectivity index is 1.97. The maximum atomic E-state index is 12.6. The molecular weight excluding hydrogens is 262 g/mol. The number of hydrogen-bond donors (Lipinski definition) is 1. The normalized spacial score (nSPS) is 10.5. The standard InChI is InChI=1S/C17H15N3O/c18-17-19-10-11-20(17)12-14-8-4-5-9-15(14)16(21)13-6-2-1-3-7-13/h1-11H,12H2,(H2,18,19). The van der Waals surface area contributed by atoms with E-state index in [1.54, 1.807) is 12.4 Å². The number of aromatic nitrogens is 2. The highest BCUT2D eigenvalue weighted by Crippen LogP contribution is 2.16. The minimum Gasteiger partial charge on any atom is -0.369 e. The first-order valence-electron chi connectivity index (χ1n) is 6.70. The molecule has 0 bridgehead atoms. The number of nitrogens with zero attached hydrogens (tertiary/aromatic N) is 2. The van der Waals surface area contributed by atoms with Crippen molar-refractivity contribution < 1.29 is 4.79 Å². The number of nitrogens with two attached hydrogens (primary N) is 1. The molecule has 0 aliphatic carbocycles. The van der Waals surface area contributed by atoms with Crippen LogP contribution in [0.2, 0.25) is 0 Å². The van der Waals surface area contributed by atoms with Gasteiger partial charge in [-0.1, -0.05) is 54.6 Å². The summed E-state index contributed by atoms with van der Waals surface area (Å²) < 4.78 is 1.82. The highest BCUT2D eigenvalue weighted by atomic mass is 16.1. The maximum absolute atomic E-state index is 12.6. The molecule has 0 amide bonds. The molecule has 0 aliphatic rings. The van der Waals surface area contributed by atoms with Gasteiger partial charge in [0.05, 0.1) is 6.54 Å². The Morgan fingerprint density at radius 1 is 1.05 bits per heavy atom. The number of rotatable bonds is 4. The molecular formula is C17H15N3O. The average Bonchev–Trinajstić information content (AvgIpc) is 2.93. The van der Waals surface area contributed by atoms with E-state index in [0.717, 1.165) is 5.56 Å². The predicted octanol–water partition coefficient (Wildman–Crippen LogP) is 2.74. The molecule has 0 unspecified atom stereocenters. The van der Waals surface area contributed by atoms with Gasteiger partial charge in [0.25, 0.3) is 0 Å². The van der Waals surface area contributed by atoms with Gasteiger partial charge in [0.2, 0.25) is 0 Å². The van der Waals surface area contributed by atoms with E-state index < -0.39 is 0 Å². The topological polar surface area (TPSA) is 60.9 Å². The Bertz CT molecular complexity index is 762. The Morgan fingerprint density at radius 2 is 1.76 bits per heavy atom. The fraction of sp³-hybridized carbons (Fsp3) is 0.0588. The summed E-state index contributed by atoms with van der Waals surface area (Å²) in [5.74, 6) is 0.460. The van der Waals surface area contributed by atoms with Gasteiger partial charge in [-0.05, 0) is 5.56 Å². The zero-order chi connectivity index (χ0) is 14.7. The molecule has 0 atom stereocenters. The zero-order valence-electron chi connectivity index (χ0n) is 11.4. The van der Waals surface area contributed by atoms with Crippen LogP contribution in [-0.2, 0) is 6.54 Å². The molecule has 3 rings (SSSR count). The Labute approximate surface area is 122 Å². The van der Waals surface area contributed by atoms with Gasteiger partial charge in [0, 0.05) is 23.5 Å². The molecule has 0 fully saturated rings. The number of benzene rings is 2. The number of carbonyl (C=O) groups excluding carboxylic acids is 1. The van der Waals surface area contributed by atoms with E-state index in [9.17, 15) is 4.79 Å². The molecule has 0 saturated carbocycles. The molecule has 4 heteroatoms. The fourth-order valence-corrected chi connectivity index (χ4v) is 2.28. The highest BCUT2D eigenvalue weighted by molar-refractivity contribution is 6.09. The smallest absolute Gasteiger partial charge is 0.200 e. The third kappa shape index (κ3) is 2.69. The van der Waals surface area contributed by atoms with E-state index in [2.05, 4.69) is 4.98 Å². The molecule has 2 aromatic carbocycles. The number of carbonyl (C=O) groups is 1. The number of nitrogen functional groups attached to an aromatic ring is 1. The second-order valence-corrected chi connectivity index (χ2v) is 4.77. The van der Waals surface area contributed by atoms with Crippen molar-refractivity contribution in [2.24, 2.45) is 0 Å². The fourth-order valence-electron chi connectivity index (χ4n) is 2.28. The van der Waals surface area contributed by atoms with Crippen LogP contribution in [0.15, 0.2) is 67.0 Å². The van der Waals surface area contributed by atoms with Crippen molar-refractivity contribution in [3.05, 3.63) is 83.7 Å². The predicted molar refractivity (Wildman–Crippen MR) is 82.1 cm³/mol. The Hall–Kier alpha value is -2.88. The number of ketones is 1. The summed E-state index contributed by atoms with van der Waals surface area (Å²) in [6.45, 7) is 0.528. The van der Waals surface area contributed by atoms with Crippen LogP contribution in [0.4, 0.5) is 5.95 Å². The largest absolute Gasteiger partial charge is 0.369 e. The number of imidazole rings is 1. The maximum Gasteiger partial charge on any atom is 0.200 e. The quantitative estimate of drug-likeness (QED) is 0.746. The van der Waals surface area contributed by atoms with Crippen LogP contribution in [0.5, 0.6) is 0 Å². The number of hydrogen-bond acceptors (Lipinski definition) is 3. The first-order valence-corrected chi connectivity index (χ1v) is 6.70. The zero-order valence-corrected chi connectivity index (χ0v) is 11.4. The highest BCUT2D eigenvalue weighted by Gasteiger charge is 2.13. The van der Waals surface area contributed by atoms with E-state index in [1.165, 1.54) is 0 Å². The van der Waals surface area contributed by atoms with Gasteiger partial charge >= 0.3 is 0 Å². The van der Waals surface area contributed by atoms with Gasteiger partial charge in [-0.2, -0.15) is 0 Å². The molecule has 1 heterocycles. The van der Waals surface area contributed by atoms with Crippen molar-refractivity contribution in [1.82, 2.24) is 9.55 Å². The van der Waals surface area contributed by atoms with Crippen molar-refractivity contribution in [3.8, 4) is 0 Å². The first-order chi connectivity index (χ1) is 10.3. The lowest BCUT2D eigenvalue weighted by Gasteiger charge is -2.10. The molecule has 0 saturated heterocycles. The molecule has 3 aromatic rings. The SMILES string of the molecule is Nc1nccn1Cc1ccccc1C(=O)c1ccccc1. The molecule has 0 radical (unpaired) electrons. The van der Waals surface area contributed by atoms with Crippen LogP contribution in [0.25, 0.3) is 0 Å². The lowest BCUT2D eigenvalue weighted by Crippen LogP contribution is -2.10. The molecule has 0 spiro atoms. The van der Waals surface area contributed by atoms with E-state index in [4.69, 9.17) is 5.73 Å². The van der Waals surface area contributed by atoms with Crippen molar-refractivity contribution in [3.63, 3.8) is 0 Å². The summed E-state index contributed by atoms with van der Waals surface area (Å²) in [6.07, 6.45) is 3.45. The van der Waals surface area contributed by atoms with E-state index in [-0.39, 0.29) is 5.78 Å². The van der Waals surface area contributed by atoms with Crippen molar-refractivity contribution in [2.45, 2.75) is 6.54 Å². The van der Waals surface area contributed by atoms with Crippen LogP contribution in [0, 0.1) is 0 Å². The summed E-state index contributed by atoms with van der Waals surface area (Å²) in [4.78, 5) is 16.6. The molecule has 2 N–H and O–H groups in total. The third-order valence-electron chi connectivity index (χ3n) is 3.39. The van der Waals surface area contributed by atoms with Gasteiger partial charge in [0.15, 0.2) is 11.7 Å². The summed E-state index contributed by atoms with van der Waals surface area (Å²) in [7, 11) is 0. The summed E-state index contributed by atoms with van der Waals surface area (Å²) in [5.41, 5.74) is 8.09. The van der Waals surface area contributed by atoms with Gasteiger partial charge in [-0.25, -0.2) is 4.98 Å². The van der Waals surface area contributed by atoms with Crippen LogP contribution in [0.3, 0.4) is 0 Å². The van der Waals surface area contributed by atoms with Crippen LogP contribution in [0.1, 0.15) is 21.5 Å². The monoisotopic (exact) mass is 277 g/mol. The van der Waals surface area contributed by atoms with Crippen LogP contribution < -0.4 is 5.73 Å². The van der Waals surface area contributed by atoms with Gasteiger partial charge in [-0.15, -0.1) is 0 Å². The van der Waals surface area contributed by atoms with Crippen LogP contribution in [-0.4, -0.2) is 15.3 Å². The summed E-state index contributed by atoms with van der Waals surface area (Å²) in [5, 5.41) is 0. The number of anilines is 1. The molecule has 0 aliphatic heterocycles. The lowest BCUT2D eigenvalue weighted by molar-refractivity contribution is 0.103. The molecule has 1 aromatic heterocycles. The lowest BCUT2D eigenvalue weighted by atomic mass is 9.98. The van der Waals surface area contributed by atoms with Crippen LogP contribution >= 0.6 is 0 Å². The second-order valence-electron chi connectivity index (χ2n) is 4.77. The molecule has 21 heavy (non-hydrogen) atoms. The molecule has 104 valence electrons. The Morgan fingerprint density at radius 3 is 2.48 bits per heavy atom. The average molecular weight is 277 g/mol. The van der Waals surface area contributed by atoms with E-state index in [0.29, 0.717) is 23.6 Å². The third-order valence-corrected chi connectivity index (χ3v) is 3.39. The minimum atomic E-state index is 0.0184. The first kappa shape index (κ1) is 13.1. The van der Waals surface area contributed by atoms with Crippen molar-refractivity contribution in [2.75, 3.05) is 5.73 Å². The van der Waals surface area contributed by atoms with Crippen molar-refractivity contribution >= 4 is 11.7 Å². The molecule has 4 nitrogen and oxygen atoms in total. The van der Waals surface area contributed by atoms with E-state index in [1.807, 2.05) is 59.2 Å². The van der Waals surface area contributed by atoms with Gasteiger partial charge < -0.3 is 10.3 Å². The summed E-state index contributed by atoms with van der Waals surface area (Å²) in [6, 6.07) is 16.9. The second kappa shape index (κ2) is 5.63. The Kier molecular flexibility index (Phi) is 3.51. The summed E-state index contributed by atoms with van der Waals surface area (Å²) >= 11 is 0. The minimum absolute atomic E-state index is 0.0184.